The molecule has 2 atom stereocenters. The van der Waals surface area contributed by atoms with Crippen molar-refractivity contribution in [2.75, 3.05) is 13.7 Å². The van der Waals surface area contributed by atoms with Crippen molar-refractivity contribution in [1.29, 1.82) is 0 Å². The van der Waals surface area contributed by atoms with E-state index < -0.39 is 12.1 Å². The van der Waals surface area contributed by atoms with Crippen molar-refractivity contribution < 1.29 is 19.7 Å². The van der Waals surface area contributed by atoms with Crippen molar-refractivity contribution in [3.63, 3.8) is 0 Å². The van der Waals surface area contributed by atoms with Crippen molar-refractivity contribution in [3.05, 3.63) is 29.3 Å². The zero-order valence-corrected chi connectivity index (χ0v) is 12.4. The number of aliphatic carboxylic acids is 1. The van der Waals surface area contributed by atoms with Gasteiger partial charge >= 0.3 is 5.97 Å². The van der Waals surface area contributed by atoms with Gasteiger partial charge < -0.3 is 20.3 Å². The molecule has 0 aliphatic rings. The molecule has 0 radical (unpaired) electrons. The van der Waals surface area contributed by atoms with E-state index in [4.69, 9.17) is 9.84 Å². The molecule has 0 fully saturated rings. The van der Waals surface area contributed by atoms with Gasteiger partial charge in [-0.1, -0.05) is 25.5 Å². The van der Waals surface area contributed by atoms with Gasteiger partial charge in [-0.2, -0.15) is 0 Å². The van der Waals surface area contributed by atoms with Crippen LogP contribution in [-0.2, 0) is 4.79 Å². The van der Waals surface area contributed by atoms with Crippen LogP contribution in [0.15, 0.2) is 18.2 Å². The second-order valence-corrected chi connectivity index (χ2v) is 5.23. The van der Waals surface area contributed by atoms with E-state index in [-0.39, 0.29) is 18.5 Å². The molecule has 1 aromatic rings. The van der Waals surface area contributed by atoms with Gasteiger partial charge in [0.25, 0.3) is 0 Å². The number of nitrogens with one attached hydrogen (secondary N) is 1. The number of methoxy groups -OCH3 is 1. The number of benzene rings is 1. The zero-order chi connectivity index (χ0) is 15.3. The van der Waals surface area contributed by atoms with Crippen molar-refractivity contribution in [2.45, 2.75) is 32.9 Å². The average molecular weight is 281 g/mol. The van der Waals surface area contributed by atoms with Crippen LogP contribution < -0.4 is 10.1 Å². The van der Waals surface area contributed by atoms with E-state index >= 15 is 0 Å². The number of ether oxygens (including phenoxy) is 1. The molecular formula is C15H23NO4. The van der Waals surface area contributed by atoms with Crippen LogP contribution in [0.3, 0.4) is 0 Å². The number of hydrogen-bond acceptors (Lipinski definition) is 4. The number of aryl methyl sites for hydroxylation is 1. The Balaban J connectivity index is 3.02. The number of carbonyl (C=O) groups is 1. The first-order valence-electron chi connectivity index (χ1n) is 6.64. The summed E-state index contributed by atoms with van der Waals surface area (Å²) >= 11 is 0. The fourth-order valence-electron chi connectivity index (χ4n) is 2.20. The predicted molar refractivity (Wildman–Crippen MR) is 77.0 cm³/mol. The maximum Gasteiger partial charge on any atom is 0.317 e. The van der Waals surface area contributed by atoms with E-state index in [1.54, 1.807) is 7.11 Å². The Morgan fingerprint density at radius 3 is 2.55 bits per heavy atom. The van der Waals surface area contributed by atoms with Crippen LogP contribution in [0.25, 0.3) is 0 Å². The highest BCUT2D eigenvalue weighted by Crippen LogP contribution is 2.30. The van der Waals surface area contributed by atoms with E-state index in [0.717, 1.165) is 5.56 Å². The van der Waals surface area contributed by atoms with Crippen LogP contribution in [0.4, 0.5) is 0 Å². The van der Waals surface area contributed by atoms with Gasteiger partial charge in [-0.15, -0.1) is 0 Å². The van der Waals surface area contributed by atoms with E-state index in [1.165, 1.54) is 0 Å². The Labute approximate surface area is 119 Å². The molecule has 0 saturated carbocycles. The van der Waals surface area contributed by atoms with Crippen molar-refractivity contribution in [2.24, 2.45) is 5.92 Å². The van der Waals surface area contributed by atoms with Gasteiger partial charge in [0, 0.05) is 11.6 Å². The number of carboxylic acids is 1. The third-order valence-corrected chi connectivity index (χ3v) is 3.25. The molecule has 0 heterocycles. The summed E-state index contributed by atoms with van der Waals surface area (Å²) in [7, 11) is 1.55. The first-order valence-corrected chi connectivity index (χ1v) is 6.64. The molecular weight excluding hydrogens is 258 g/mol. The van der Waals surface area contributed by atoms with E-state index in [0.29, 0.717) is 11.3 Å². The SMILES string of the molecule is COc1ccc(C)cc1C(O)C(NCC(=O)O)C(C)C. The van der Waals surface area contributed by atoms with E-state index in [9.17, 15) is 9.90 Å². The summed E-state index contributed by atoms with van der Waals surface area (Å²) in [5.74, 6) is -0.264. The van der Waals surface area contributed by atoms with Crippen molar-refractivity contribution in [1.82, 2.24) is 5.32 Å². The summed E-state index contributed by atoms with van der Waals surface area (Å²) in [5, 5.41) is 22.2. The second-order valence-electron chi connectivity index (χ2n) is 5.23. The van der Waals surface area contributed by atoms with Crippen molar-refractivity contribution >= 4 is 5.97 Å². The maximum absolute atomic E-state index is 10.7. The molecule has 20 heavy (non-hydrogen) atoms. The molecule has 0 bridgehead atoms. The van der Waals surface area contributed by atoms with Gasteiger partial charge in [0.2, 0.25) is 0 Å². The topological polar surface area (TPSA) is 78.8 Å². The highest BCUT2D eigenvalue weighted by atomic mass is 16.5. The van der Waals surface area contributed by atoms with E-state index in [1.807, 2.05) is 39.0 Å². The molecule has 0 aliphatic carbocycles. The molecule has 1 rings (SSSR count). The number of rotatable bonds is 7. The lowest BCUT2D eigenvalue weighted by Gasteiger charge is -2.28. The van der Waals surface area contributed by atoms with Crippen LogP contribution in [0.1, 0.15) is 31.1 Å². The van der Waals surface area contributed by atoms with E-state index in [2.05, 4.69) is 5.32 Å². The Kier molecular flexibility index (Phi) is 5.98. The maximum atomic E-state index is 10.7. The number of carboxylic acid groups (broad SMARTS) is 1. The molecule has 0 aliphatic heterocycles. The summed E-state index contributed by atoms with van der Waals surface area (Å²) in [6.07, 6.45) is -0.829. The smallest absolute Gasteiger partial charge is 0.317 e. The summed E-state index contributed by atoms with van der Waals surface area (Å²) in [5.41, 5.74) is 1.68. The Morgan fingerprint density at radius 2 is 2.05 bits per heavy atom. The molecule has 2 unspecified atom stereocenters. The van der Waals surface area contributed by atoms with Gasteiger partial charge in [-0.25, -0.2) is 0 Å². The lowest BCUT2D eigenvalue weighted by atomic mass is 9.92. The van der Waals surface area contributed by atoms with Crippen molar-refractivity contribution in [3.8, 4) is 5.75 Å². The van der Waals surface area contributed by atoms with Crippen LogP contribution in [0, 0.1) is 12.8 Å². The fraction of sp³-hybridized carbons (Fsp3) is 0.533. The highest BCUT2D eigenvalue weighted by molar-refractivity contribution is 5.69. The first-order chi connectivity index (χ1) is 9.36. The lowest BCUT2D eigenvalue weighted by molar-refractivity contribution is -0.136. The largest absolute Gasteiger partial charge is 0.496 e. The minimum Gasteiger partial charge on any atom is -0.496 e. The second kappa shape index (κ2) is 7.26. The standard InChI is InChI=1S/C15H23NO4/c1-9(2)14(16-8-13(17)18)15(19)11-7-10(3)5-6-12(11)20-4/h5-7,9,14-16,19H,8H2,1-4H3,(H,17,18). The number of aliphatic hydroxyl groups is 1. The molecule has 5 nitrogen and oxygen atoms in total. The summed E-state index contributed by atoms with van der Waals surface area (Å²) in [6.45, 7) is 5.62. The summed E-state index contributed by atoms with van der Waals surface area (Å²) < 4.78 is 5.27. The van der Waals surface area contributed by atoms with Gasteiger partial charge in [-0.05, 0) is 25.0 Å². The Bertz CT molecular complexity index is 459. The minimum atomic E-state index is -0.945. The molecule has 0 spiro atoms. The van der Waals surface area contributed by atoms with Gasteiger partial charge in [-0.3, -0.25) is 4.79 Å². The normalized spacial score (nSPS) is 14.1. The third-order valence-electron chi connectivity index (χ3n) is 3.25. The average Bonchev–Trinajstić information content (AvgIpc) is 2.37. The first kappa shape index (κ1) is 16.5. The van der Waals surface area contributed by atoms with Crippen LogP contribution in [-0.4, -0.2) is 35.9 Å². The molecule has 3 N–H and O–H groups in total. The molecule has 1 aromatic carbocycles. The fourth-order valence-corrected chi connectivity index (χ4v) is 2.20. The third kappa shape index (κ3) is 4.21. The van der Waals surface area contributed by atoms with Crippen LogP contribution >= 0.6 is 0 Å². The van der Waals surface area contributed by atoms with Gasteiger partial charge in [0.1, 0.15) is 5.75 Å². The van der Waals surface area contributed by atoms with Crippen LogP contribution in [0.2, 0.25) is 0 Å². The Hall–Kier alpha value is -1.59. The highest BCUT2D eigenvalue weighted by Gasteiger charge is 2.26. The molecule has 0 amide bonds. The number of hydrogen-bond donors (Lipinski definition) is 3. The molecule has 112 valence electrons. The quantitative estimate of drug-likeness (QED) is 0.709. The number of aliphatic hydroxyl groups excluding tert-OH is 1. The molecule has 0 aromatic heterocycles. The monoisotopic (exact) mass is 281 g/mol. The van der Waals surface area contributed by atoms with Gasteiger partial charge in [0.15, 0.2) is 0 Å². The zero-order valence-electron chi connectivity index (χ0n) is 12.4. The Morgan fingerprint density at radius 1 is 1.40 bits per heavy atom. The van der Waals surface area contributed by atoms with Crippen LogP contribution in [0.5, 0.6) is 5.75 Å². The summed E-state index contributed by atoms with van der Waals surface area (Å²) in [4.78, 5) is 10.7. The predicted octanol–water partition coefficient (Wildman–Crippen LogP) is 1.74. The molecule has 5 heteroatoms. The lowest BCUT2D eigenvalue weighted by Crippen LogP contribution is -2.42. The summed E-state index contributed by atoms with van der Waals surface area (Å²) in [6, 6.07) is 5.22. The van der Waals surface area contributed by atoms with Gasteiger partial charge in [0.05, 0.1) is 19.8 Å². The minimum absolute atomic E-state index is 0.0783. The molecule has 0 saturated heterocycles.